The van der Waals surface area contributed by atoms with E-state index in [-0.39, 0.29) is 6.04 Å². The van der Waals surface area contributed by atoms with Gasteiger partial charge in [-0.3, -0.25) is 10.5 Å². The van der Waals surface area contributed by atoms with Gasteiger partial charge in [-0.1, -0.05) is 6.92 Å². The molecule has 1 unspecified atom stereocenters. The molecule has 0 spiro atoms. The van der Waals surface area contributed by atoms with Gasteiger partial charge < -0.3 is 4.42 Å². The summed E-state index contributed by atoms with van der Waals surface area (Å²) in [5, 5.41) is 4.50. The molecule has 2 aromatic rings. The van der Waals surface area contributed by atoms with E-state index in [0.29, 0.717) is 0 Å². The number of nitrogens with zero attached hydrogens (tertiary/aromatic N) is 2. The lowest BCUT2D eigenvalue weighted by Gasteiger charge is -2.14. The van der Waals surface area contributed by atoms with Gasteiger partial charge in [0.25, 0.3) is 0 Å². The first kappa shape index (κ1) is 15.3. The van der Waals surface area contributed by atoms with Crippen LogP contribution < -0.4 is 11.3 Å². The highest BCUT2D eigenvalue weighted by atomic mass is 79.9. The largest absolute Gasteiger partial charge is 0.464 e. The van der Waals surface area contributed by atoms with Gasteiger partial charge in [-0.25, -0.2) is 5.43 Å². The van der Waals surface area contributed by atoms with Crippen LogP contribution in [0, 0.1) is 6.92 Å². The second kappa shape index (κ2) is 6.56. The van der Waals surface area contributed by atoms with Gasteiger partial charge >= 0.3 is 0 Å². The summed E-state index contributed by atoms with van der Waals surface area (Å²) < 4.78 is 8.83. The first-order valence-corrected chi connectivity index (χ1v) is 7.66. The monoisotopic (exact) mass is 340 g/mol. The maximum Gasteiger partial charge on any atom is 0.122 e. The van der Waals surface area contributed by atoms with E-state index in [0.717, 1.165) is 46.8 Å². The number of furan rings is 1. The van der Waals surface area contributed by atoms with Gasteiger partial charge in [0, 0.05) is 19.4 Å². The molecule has 0 radical (unpaired) electrons. The Balaban J connectivity index is 2.26. The van der Waals surface area contributed by atoms with E-state index >= 15 is 0 Å². The van der Waals surface area contributed by atoms with Crippen molar-refractivity contribution in [1.82, 2.24) is 15.2 Å². The normalized spacial score (nSPS) is 12.8. The molecular formula is C14H21BrN4O. The number of hydrazine groups is 1. The van der Waals surface area contributed by atoms with Crippen molar-refractivity contribution < 1.29 is 4.42 Å². The number of aromatic nitrogens is 2. The average Bonchev–Trinajstić information content (AvgIpc) is 3.03. The van der Waals surface area contributed by atoms with Gasteiger partial charge in [0.1, 0.15) is 11.5 Å². The molecule has 2 aromatic heterocycles. The Labute approximate surface area is 127 Å². The number of rotatable bonds is 6. The summed E-state index contributed by atoms with van der Waals surface area (Å²) in [4.78, 5) is 0. The Bertz CT molecular complexity index is 576. The summed E-state index contributed by atoms with van der Waals surface area (Å²) in [6.07, 6.45) is 1.61. The zero-order chi connectivity index (χ0) is 14.7. The number of aryl methyl sites for hydroxylation is 3. The third-order valence-corrected chi connectivity index (χ3v) is 4.46. The Kier molecular flexibility index (Phi) is 5.01. The van der Waals surface area contributed by atoms with Crippen molar-refractivity contribution in [3.8, 4) is 0 Å². The maximum atomic E-state index is 5.79. The zero-order valence-electron chi connectivity index (χ0n) is 12.1. The Hall–Kier alpha value is -1.11. The van der Waals surface area contributed by atoms with Crippen molar-refractivity contribution in [2.24, 2.45) is 5.84 Å². The molecule has 0 aliphatic carbocycles. The first-order chi connectivity index (χ1) is 9.60. The summed E-state index contributed by atoms with van der Waals surface area (Å²) in [6.45, 7) is 6.97. The zero-order valence-corrected chi connectivity index (χ0v) is 13.7. The lowest BCUT2D eigenvalue weighted by molar-refractivity contribution is 0.390. The van der Waals surface area contributed by atoms with E-state index in [1.165, 1.54) is 0 Å². The molecule has 5 nitrogen and oxygen atoms in total. The second-order valence-electron chi connectivity index (χ2n) is 4.74. The van der Waals surface area contributed by atoms with E-state index in [1.54, 1.807) is 0 Å². The summed E-state index contributed by atoms with van der Waals surface area (Å²) in [5.41, 5.74) is 4.96. The van der Waals surface area contributed by atoms with Gasteiger partial charge in [0.05, 0.1) is 21.9 Å². The molecule has 0 fully saturated rings. The van der Waals surface area contributed by atoms with Crippen molar-refractivity contribution in [1.29, 1.82) is 0 Å². The van der Waals surface area contributed by atoms with E-state index in [4.69, 9.17) is 10.3 Å². The SMILES string of the molecule is CCc1ccc(C(Cc2c(Br)c(C)nn2CC)NN)o1. The molecule has 0 saturated carbocycles. The van der Waals surface area contributed by atoms with Crippen molar-refractivity contribution in [2.75, 3.05) is 0 Å². The van der Waals surface area contributed by atoms with Gasteiger partial charge in [0.2, 0.25) is 0 Å². The highest BCUT2D eigenvalue weighted by Gasteiger charge is 2.20. The molecule has 2 rings (SSSR count). The van der Waals surface area contributed by atoms with Gasteiger partial charge in [0.15, 0.2) is 0 Å². The predicted octanol–water partition coefficient (Wildman–Crippen LogP) is 2.88. The molecule has 0 saturated heterocycles. The van der Waals surface area contributed by atoms with Gasteiger partial charge in [-0.15, -0.1) is 0 Å². The predicted molar refractivity (Wildman–Crippen MR) is 82.2 cm³/mol. The van der Waals surface area contributed by atoms with Crippen molar-refractivity contribution in [2.45, 2.75) is 46.2 Å². The van der Waals surface area contributed by atoms with E-state index in [1.807, 2.05) is 23.7 Å². The number of hydrogen-bond acceptors (Lipinski definition) is 4. The first-order valence-electron chi connectivity index (χ1n) is 6.87. The van der Waals surface area contributed by atoms with Crippen LogP contribution in [0.1, 0.15) is 42.8 Å². The molecule has 0 aliphatic heterocycles. The molecular weight excluding hydrogens is 320 g/mol. The molecule has 2 heterocycles. The Morgan fingerprint density at radius 2 is 2.20 bits per heavy atom. The number of nitrogens with two attached hydrogens (primary N) is 1. The summed E-state index contributed by atoms with van der Waals surface area (Å²) in [6, 6.07) is 3.92. The fourth-order valence-electron chi connectivity index (χ4n) is 2.27. The molecule has 3 N–H and O–H groups in total. The lowest BCUT2D eigenvalue weighted by atomic mass is 10.1. The highest BCUT2D eigenvalue weighted by Crippen LogP contribution is 2.27. The minimum atomic E-state index is -0.0620. The molecule has 0 aliphatic rings. The minimum absolute atomic E-state index is 0.0620. The summed E-state index contributed by atoms with van der Waals surface area (Å²) in [5.74, 6) is 7.53. The minimum Gasteiger partial charge on any atom is -0.464 e. The number of nitrogens with one attached hydrogen (secondary N) is 1. The Morgan fingerprint density at radius 1 is 1.45 bits per heavy atom. The molecule has 0 aromatic carbocycles. The van der Waals surface area contributed by atoms with Crippen molar-refractivity contribution in [3.63, 3.8) is 0 Å². The molecule has 0 amide bonds. The maximum absolute atomic E-state index is 5.79. The van der Waals surface area contributed by atoms with Gasteiger partial charge in [-0.2, -0.15) is 5.10 Å². The molecule has 110 valence electrons. The molecule has 6 heteroatoms. The molecule has 0 bridgehead atoms. The summed E-state index contributed by atoms with van der Waals surface area (Å²) in [7, 11) is 0. The number of hydrogen-bond donors (Lipinski definition) is 2. The van der Waals surface area contributed by atoms with E-state index in [2.05, 4.69) is 40.3 Å². The van der Waals surface area contributed by atoms with Gasteiger partial charge in [-0.05, 0) is 41.9 Å². The Morgan fingerprint density at radius 3 is 2.75 bits per heavy atom. The third kappa shape index (κ3) is 2.97. The van der Waals surface area contributed by atoms with Crippen molar-refractivity contribution in [3.05, 3.63) is 39.5 Å². The summed E-state index contributed by atoms with van der Waals surface area (Å²) >= 11 is 3.61. The third-order valence-electron chi connectivity index (χ3n) is 3.43. The molecule has 20 heavy (non-hydrogen) atoms. The van der Waals surface area contributed by atoms with Crippen LogP contribution >= 0.6 is 15.9 Å². The van der Waals surface area contributed by atoms with Crippen LogP contribution in [0.25, 0.3) is 0 Å². The fourth-order valence-corrected chi connectivity index (χ4v) is 2.72. The number of halogens is 1. The van der Waals surface area contributed by atoms with Crippen LogP contribution in [0.15, 0.2) is 21.0 Å². The highest BCUT2D eigenvalue weighted by molar-refractivity contribution is 9.10. The van der Waals surface area contributed by atoms with Crippen molar-refractivity contribution >= 4 is 15.9 Å². The van der Waals surface area contributed by atoms with Crippen LogP contribution in [0.2, 0.25) is 0 Å². The van der Waals surface area contributed by atoms with E-state index < -0.39 is 0 Å². The lowest BCUT2D eigenvalue weighted by Crippen LogP contribution is -2.30. The smallest absolute Gasteiger partial charge is 0.122 e. The van der Waals surface area contributed by atoms with Crippen LogP contribution in [0.5, 0.6) is 0 Å². The van der Waals surface area contributed by atoms with Crippen LogP contribution in [-0.2, 0) is 19.4 Å². The van der Waals surface area contributed by atoms with Crippen LogP contribution in [-0.4, -0.2) is 9.78 Å². The average molecular weight is 341 g/mol. The second-order valence-corrected chi connectivity index (χ2v) is 5.54. The standard InChI is InChI=1S/C14H21BrN4O/c1-4-10-6-7-13(20-10)11(17-16)8-12-14(15)9(3)18-19(12)5-2/h6-7,11,17H,4-5,8,16H2,1-3H3. The van der Waals surface area contributed by atoms with E-state index in [9.17, 15) is 0 Å². The fraction of sp³-hybridized carbons (Fsp3) is 0.500. The topological polar surface area (TPSA) is 69.0 Å². The van der Waals surface area contributed by atoms with Crippen LogP contribution in [0.3, 0.4) is 0 Å². The molecule has 1 atom stereocenters. The van der Waals surface area contributed by atoms with Crippen LogP contribution in [0.4, 0.5) is 0 Å². The quantitative estimate of drug-likeness (QED) is 0.626.